The van der Waals surface area contributed by atoms with Gasteiger partial charge < -0.3 is 19.8 Å². The van der Waals surface area contributed by atoms with Gasteiger partial charge in [-0.2, -0.15) is 5.10 Å². The van der Waals surface area contributed by atoms with Gasteiger partial charge in [-0.3, -0.25) is 9.59 Å². The third-order valence-corrected chi connectivity index (χ3v) is 4.77. The van der Waals surface area contributed by atoms with Crippen LogP contribution in [0.5, 0.6) is 5.75 Å². The molecule has 0 atom stereocenters. The molecule has 0 unspecified atom stereocenters. The second kappa shape index (κ2) is 9.65. The van der Waals surface area contributed by atoms with Crippen molar-refractivity contribution in [2.45, 2.75) is 6.54 Å². The summed E-state index contributed by atoms with van der Waals surface area (Å²) in [6.07, 6.45) is 3.19. The molecule has 0 aliphatic carbocycles. The maximum Gasteiger partial charge on any atom is 0.255 e. The fourth-order valence-corrected chi connectivity index (χ4v) is 3.15. The highest BCUT2D eigenvalue weighted by Crippen LogP contribution is 2.27. The third-order valence-electron chi connectivity index (χ3n) is 4.77. The highest BCUT2D eigenvalue weighted by molar-refractivity contribution is 6.01. The van der Waals surface area contributed by atoms with Gasteiger partial charge in [-0.15, -0.1) is 0 Å². The topological polar surface area (TPSA) is 98.4 Å². The number of aromatic nitrogens is 2. The van der Waals surface area contributed by atoms with Crippen LogP contribution in [0.15, 0.2) is 83.6 Å². The maximum absolute atomic E-state index is 13.0. The minimum atomic E-state index is -0.404. The number of carbonyl (C=O) groups is 2. The minimum Gasteiger partial charge on any atom is -0.497 e. The van der Waals surface area contributed by atoms with Gasteiger partial charge in [0.15, 0.2) is 0 Å². The number of ether oxygens (including phenoxy) is 1. The number of carbonyl (C=O) groups excluding carboxylic acids is 2. The predicted octanol–water partition coefficient (Wildman–Crippen LogP) is 3.19. The average molecular weight is 430 g/mol. The molecular formula is C24H22N4O4. The summed E-state index contributed by atoms with van der Waals surface area (Å²) in [5.74, 6) is 0.556. The lowest BCUT2D eigenvalue weighted by atomic mass is 10.1. The largest absolute Gasteiger partial charge is 0.497 e. The predicted molar refractivity (Wildman–Crippen MR) is 118 cm³/mol. The van der Waals surface area contributed by atoms with Crippen molar-refractivity contribution >= 4 is 11.8 Å². The molecule has 0 aliphatic rings. The first-order chi connectivity index (χ1) is 15.6. The normalized spacial score (nSPS) is 10.5. The second-order valence-electron chi connectivity index (χ2n) is 6.94. The van der Waals surface area contributed by atoms with E-state index in [4.69, 9.17) is 9.15 Å². The van der Waals surface area contributed by atoms with Crippen LogP contribution in [-0.4, -0.2) is 35.2 Å². The van der Waals surface area contributed by atoms with Crippen LogP contribution >= 0.6 is 0 Å². The number of rotatable bonds is 8. The summed E-state index contributed by atoms with van der Waals surface area (Å²) < 4.78 is 12.1. The monoisotopic (exact) mass is 430 g/mol. The molecule has 2 aromatic carbocycles. The highest BCUT2D eigenvalue weighted by Gasteiger charge is 2.19. The van der Waals surface area contributed by atoms with Crippen LogP contribution in [0.3, 0.4) is 0 Å². The lowest BCUT2D eigenvalue weighted by Gasteiger charge is -2.07. The van der Waals surface area contributed by atoms with Crippen LogP contribution in [0, 0.1) is 0 Å². The summed E-state index contributed by atoms with van der Waals surface area (Å²) in [5, 5.41) is 10.00. The summed E-state index contributed by atoms with van der Waals surface area (Å²) in [6.45, 7) is 0.0797. The Hall–Kier alpha value is -4.33. The number of methoxy groups -OCH3 is 1. The van der Waals surface area contributed by atoms with E-state index in [2.05, 4.69) is 15.7 Å². The molecule has 2 heterocycles. The maximum atomic E-state index is 13.0. The minimum absolute atomic E-state index is 0.173. The lowest BCUT2D eigenvalue weighted by Crippen LogP contribution is -2.36. The molecule has 4 aromatic rings. The Morgan fingerprint density at radius 2 is 1.88 bits per heavy atom. The Morgan fingerprint density at radius 3 is 2.62 bits per heavy atom. The molecule has 0 radical (unpaired) electrons. The third kappa shape index (κ3) is 4.86. The Labute approximate surface area is 184 Å². The summed E-state index contributed by atoms with van der Waals surface area (Å²) in [6, 6.07) is 20.3. The van der Waals surface area contributed by atoms with Crippen LogP contribution in [0.4, 0.5) is 0 Å². The molecule has 0 fully saturated rings. The molecule has 8 nitrogen and oxygen atoms in total. The van der Waals surface area contributed by atoms with Crippen LogP contribution in [-0.2, 0) is 11.3 Å². The van der Waals surface area contributed by atoms with Gasteiger partial charge in [-0.1, -0.05) is 30.3 Å². The summed E-state index contributed by atoms with van der Waals surface area (Å²) in [5.41, 5.74) is 2.38. The van der Waals surface area contributed by atoms with E-state index in [9.17, 15) is 9.59 Å². The number of furan rings is 1. The van der Waals surface area contributed by atoms with E-state index in [1.807, 2.05) is 54.6 Å². The highest BCUT2D eigenvalue weighted by atomic mass is 16.5. The fourth-order valence-electron chi connectivity index (χ4n) is 3.15. The molecule has 2 amide bonds. The number of nitrogens with one attached hydrogen (secondary N) is 2. The van der Waals surface area contributed by atoms with Crippen LogP contribution in [0.1, 0.15) is 16.1 Å². The molecule has 32 heavy (non-hydrogen) atoms. The van der Waals surface area contributed by atoms with E-state index in [1.54, 1.807) is 30.1 Å². The first-order valence-corrected chi connectivity index (χ1v) is 10.0. The number of para-hydroxylation sites is 1. The first kappa shape index (κ1) is 20.9. The average Bonchev–Trinajstić information content (AvgIpc) is 3.52. The summed E-state index contributed by atoms with van der Waals surface area (Å²) >= 11 is 0. The molecule has 2 aromatic heterocycles. The van der Waals surface area contributed by atoms with Crippen LogP contribution in [0.2, 0.25) is 0 Å². The SMILES string of the molecule is COc1cccc(-c2nn(-c3ccccc3)cc2C(=O)NCC(=O)NCc2ccco2)c1. The number of hydrogen-bond acceptors (Lipinski definition) is 5. The molecule has 2 N–H and O–H groups in total. The standard InChI is InChI=1S/C24H22N4O4/c1-31-19-10-5-7-17(13-19)23-21(16-28(27-23)18-8-3-2-4-9-18)24(30)26-15-22(29)25-14-20-11-6-12-32-20/h2-13,16H,14-15H2,1H3,(H,25,29)(H,26,30). The molecule has 162 valence electrons. The van der Waals surface area contributed by atoms with Gasteiger partial charge in [0.05, 0.1) is 37.7 Å². The van der Waals surface area contributed by atoms with Crippen molar-refractivity contribution in [3.05, 3.63) is 90.5 Å². The molecule has 0 bridgehead atoms. The van der Waals surface area contributed by atoms with E-state index in [0.29, 0.717) is 22.8 Å². The van der Waals surface area contributed by atoms with Crippen molar-refractivity contribution in [1.29, 1.82) is 0 Å². The van der Waals surface area contributed by atoms with Crippen molar-refractivity contribution in [3.8, 4) is 22.7 Å². The van der Waals surface area contributed by atoms with E-state index in [-0.39, 0.29) is 19.0 Å². The van der Waals surface area contributed by atoms with Gasteiger partial charge in [-0.05, 0) is 36.4 Å². The van der Waals surface area contributed by atoms with Gasteiger partial charge in [0, 0.05) is 11.8 Å². The zero-order valence-electron chi connectivity index (χ0n) is 17.4. The molecular weight excluding hydrogens is 408 g/mol. The lowest BCUT2D eigenvalue weighted by molar-refractivity contribution is -0.120. The van der Waals surface area contributed by atoms with Crippen molar-refractivity contribution in [1.82, 2.24) is 20.4 Å². The van der Waals surface area contributed by atoms with E-state index in [1.165, 1.54) is 6.26 Å². The van der Waals surface area contributed by atoms with Crippen molar-refractivity contribution in [3.63, 3.8) is 0 Å². The van der Waals surface area contributed by atoms with E-state index in [0.717, 1.165) is 11.3 Å². The second-order valence-corrected chi connectivity index (χ2v) is 6.94. The number of amides is 2. The van der Waals surface area contributed by atoms with Gasteiger partial charge in [-0.25, -0.2) is 4.68 Å². The summed E-state index contributed by atoms with van der Waals surface area (Å²) in [7, 11) is 1.58. The Balaban J connectivity index is 1.54. The number of benzene rings is 2. The van der Waals surface area contributed by atoms with Gasteiger partial charge >= 0.3 is 0 Å². The molecule has 0 saturated heterocycles. The van der Waals surface area contributed by atoms with Crippen LogP contribution in [0.25, 0.3) is 16.9 Å². The van der Waals surface area contributed by atoms with Crippen molar-refractivity contribution < 1.29 is 18.7 Å². The van der Waals surface area contributed by atoms with Gasteiger partial charge in [0.25, 0.3) is 5.91 Å². The first-order valence-electron chi connectivity index (χ1n) is 10.0. The Bertz CT molecular complexity index is 1200. The molecule has 0 saturated carbocycles. The summed E-state index contributed by atoms with van der Waals surface area (Å²) in [4.78, 5) is 25.1. The smallest absolute Gasteiger partial charge is 0.255 e. The van der Waals surface area contributed by atoms with Crippen molar-refractivity contribution in [2.75, 3.05) is 13.7 Å². The van der Waals surface area contributed by atoms with E-state index < -0.39 is 5.91 Å². The molecule has 0 spiro atoms. The van der Waals surface area contributed by atoms with E-state index >= 15 is 0 Å². The molecule has 0 aliphatic heterocycles. The number of nitrogens with zero attached hydrogens (tertiary/aromatic N) is 2. The van der Waals surface area contributed by atoms with Gasteiger partial charge in [0.1, 0.15) is 17.2 Å². The zero-order valence-corrected chi connectivity index (χ0v) is 17.4. The fraction of sp³-hybridized carbons (Fsp3) is 0.125. The zero-order chi connectivity index (χ0) is 22.3. The molecule has 8 heteroatoms. The number of hydrogen-bond donors (Lipinski definition) is 2. The quantitative estimate of drug-likeness (QED) is 0.447. The van der Waals surface area contributed by atoms with Crippen molar-refractivity contribution in [2.24, 2.45) is 0 Å². The Kier molecular flexibility index (Phi) is 6.31. The Morgan fingerprint density at radius 1 is 1.03 bits per heavy atom. The molecule has 4 rings (SSSR count). The van der Waals surface area contributed by atoms with Crippen LogP contribution < -0.4 is 15.4 Å². The van der Waals surface area contributed by atoms with Gasteiger partial charge in [0.2, 0.25) is 5.91 Å².